The predicted octanol–water partition coefficient (Wildman–Crippen LogP) is 5.34. The Morgan fingerprint density at radius 3 is 2.40 bits per heavy atom. The van der Waals surface area contributed by atoms with Gasteiger partial charge in [0.15, 0.2) is 11.5 Å². The van der Waals surface area contributed by atoms with Crippen LogP contribution < -0.4 is 9.47 Å². The third-order valence-electron chi connectivity index (χ3n) is 6.46. The number of aryl methyl sites for hydroxylation is 1. The first-order valence-electron chi connectivity index (χ1n) is 12.3. The Labute approximate surface area is 212 Å². The minimum atomic E-state index is 0.0719. The van der Waals surface area contributed by atoms with E-state index in [1.807, 2.05) is 22.4 Å². The van der Waals surface area contributed by atoms with Crippen molar-refractivity contribution < 1.29 is 14.3 Å². The lowest BCUT2D eigenvalue weighted by Crippen LogP contribution is -2.35. The molecule has 2 heterocycles. The molecule has 1 saturated heterocycles. The van der Waals surface area contributed by atoms with Gasteiger partial charge in [-0.1, -0.05) is 35.9 Å². The summed E-state index contributed by atoms with van der Waals surface area (Å²) in [6.07, 6.45) is 4.25. The molecule has 1 aliphatic rings. The number of carbonyl (C=O) groups is 1. The predicted molar refractivity (Wildman–Crippen MR) is 140 cm³/mol. The topological polar surface area (TPSA) is 54.9 Å². The minimum Gasteiger partial charge on any atom is -0.493 e. The number of rotatable bonds is 10. The maximum Gasteiger partial charge on any atom is 0.273 e. The quantitative estimate of drug-likeness (QED) is 0.382. The summed E-state index contributed by atoms with van der Waals surface area (Å²) < 4.78 is 10.9. The zero-order valence-corrected chi connectivity index (χ0v) is 21.8. The number of hydrogen-bond acceptors (Lipinski definition) is 6. The minimum absolute atomic E-state index is 0.0719. The van der Waals surface area contributed by atoms with E-state index in [4.69, 9.17) is 14.5 Å². The lowest BCUT2D eigenvalue weighted by atomic mass is 10.1. The number of nitrogens with zero attached hydrogens (tertiary/aromatic N) is 3. The van der Waals surface area contributed by atoms with Gasteiger partial charge < -0.3 is 14.4 Å². The average Bonchev–Trinajstić information content (AvgIpc) is 3.36. The van der Waals surface area contributed by atoms with Crippen LogP contribution in [0, 0.1) is 6.92 Å². The Kier molecular flexibility index (Phi) is 8.77. The van der Waals surface area contributed by atoms with Crippen LogP contribution in [0.1, 0.15) is 51.4 Å². The van der Waals surface area contributed by atoms with Crippen molar-refractivity contribution in [2.75, 3.05) is 33.9 Å². The van der Waals surface area contributed by atoms with Crippen LogP contribution >= 0.6 is 11.3 Å². The van der Waals surface area contributed by atoms with E-state index in [9.17, 15) is 4.79 Å². The Morgan fingerprint density at radius 2 is 1.69 bits per heavy atom. The second-order valence-electron chi connectivity index (χ2n) is 9.11. The number of aromatic nitrogens is 1. The normalized spacial score (nSPS) is 13.8. The van der Waals surface area contributed by atoms with E-state index in [2.05, 4.69) is 42.2 Å². The van der Waals surface area contributed by atoms with Crippen molar-refractivity contribution in [3.8, 4) is 11.5 Å². The highest BCUT2D eigenvalue weighted by Gasteiger charge is 2.21. The molecule has 3 aromatic rings. The van der Waals surface area contributed by atoms with Gasteiger partial charge in [0.2, 0.25) is 0 Å². The molecule has 1 aliphatic heterocycles. The molecule has 7 heteroatoms. The second kappa shape index (κ2) is 12.2. The molecule has 186 valence electrons. The maximum absolute atomic E-state index is 12.9. The molecule has 0 atom stereocenters. The van der Waals surface area contributed by atoms with E-state index in [0.717, 1.165) is 61.9 Å². The van der Waals surface area contributed by atoms with Crippen LogP contribution in [0.3, 0.4) is 0 Å². The number of amides is 1. The van der Waals surface area contributed by atoms with E-state index < -0.39 is 0 Å². The Balaban J connectivity index is 1.46. The molecule has 4 rings (SSSR count). The fraction of sp³-hybridized carbons (Fsp3) is 0.429. The van der Waals surface area contributed by atoms with Crippen LogP contribution in [0.4, 0.5) is 0 Å². The molecule has 0 saturated carbocycles. The maximum atomic E-state index is 12.9. The summed E-state index contributed by atoms with van der Waals surface area (Å²) in [6, 6.07) is 14.8. The standard InChI is InChI=1S/C28H35N3O3S/c1-21-7-9-23(10-8-21)18-30(16-13-22-11-12-25(33-2)26(17-22)34-3)19-27-29-24(20-35-27)28(32)31-14-5-4-6-15-31/h7-12,17,20H,4-6,13-16,18-19H2,1-3H3. The first-order valence-corrected chi connectivity index (χ1v) is 13.2. The molecular weight excluding hydrogens is 458 g/mol. The van der Waals surface area contributed by atoms with Crippen LogP contribution in [0.25, 0.3) is 0 Å². The van der Waals surface area contributed by atoms with Crippen molar-refractivity contribution in [1.29, 1.82) is 0 Å². The molecule has 35 heavy (non-hydrogen) atoms. The number of thiazole rings is 1. The van der Waals surface area contributed by atoms with Crippen LogP contribution in [0.15, 0.2) is 47.8 Å². The summed E-state index contributed by atoms with van der Waals surface area (Å²) >= 11 is 1.58. The van der Waals surface area contributed by atoms with E-state index in [-0.39, 0.29) is 5.91 Å². The number of piperidine rings is 1. The molecule has 0 aliphatic carbocycles. The Morgan fingerprint density at radius 1 is 0.971 bits per heavy atom. The van der Waals surface area contributed by atoms with Crippen molar-refractivity contribution in [2.45, 2.75) is 45.7 Å². The van der Waals surface area contributed by atoms with Gasteiger partial charge in [-0.3, -0.25) is 9.69 Å². The molecule has 0 unspecified atom stereocenters. The van der Waals surface area contributed by atoms with Gasteiger partial charge in [0.25, 0.3) is 5.91 Å². The van der Waals surface area contributed by atoms with Crippen molar-refractivity contribution in [2.24, 2.45) is 0 Å². The van der Waals surface area contributed by atoms with Crippen LogP contribution in [0.5, 0.6) is 11.5 Å². The second-order valence-corrected chi connectivity index (χ2v) is 10.1. The van der Waals surface area contributed by atoms with Crippen molar-refractivity contribution in [3.05, 3.63) is 75.2 Å². The van der Waals surface area contributed by atoms with Gasteiger partial charge in [-0.25, -0.2) is 4.98 Å². The van der Waals surface area contributed by atoms with Gasteiger partial charge in [-0.05, 0) is 55.9 Å². The summed E-state index contributed by atoms with van der Waals surface area (Å²) in [5.41, 5.74) is 4.30. The third kappa shape index (κ3) is 6.83. The highest BCUT2D eigenvalue weighted by molar-refractivity contribution is 7.09. The zero-order valence-electron chi connectivity index (χ0n) is 21.0. The van der Waals surface area contributed by atoms with Crippen LogP contribution in [-0.2, 0) is 19.5 Å². The molecular formula is C28H35N3O3S. The summed E-state index contributed by atoms with van der Waals surface area (Å²) in [5.74, 6) is 1.56. The fourth-order valence-corrected chi connectivity index (χ4v) is 5.23. The Bertz CT molecular complexity index is 1110. The summed E-state index contributed by atoms with van der Waals surface area (Å²) in [4.78, 5) is 22.0. The first kappa shape index (κ1) is 25.2. The zero-order chi connectivity index (χ0) is 24.6. The van der Waals surface area contributed by atoms with Gasteiger partial charge in [0.05, 0.1) is 20.8 Å². The number of benzene rings is 2. The first-order chi connectivity index (χ1) is 17.1. The molecule has 2 aromatic carbocycles. The van der Waals surface area contributed by atoms with E-state index in [0.29, 0.717) is 12.2 Å². The molecule has 0 N–H and O–H groups in total. The molecule has 6 nitrogen and oxygen atoms in total. The van der Waals surface area contributed by atoms with Gasteiger partial charge >= 0.3 is 0 Å². The summed E-state index contributed by atoms with van der Waals surface area (Å²) in [6.45, 7) is 6.18. The molecule has 1 aromatic heterocycles. The molecule has 0 bridgehead atoms. The number of carbonyl (C=O) groups excluding carboxylic acids is 1. The Hall–Kier alpha value is -2.90. The van der Waals surface area contributed by atoms with Gasteiger partial charge in [-0.2, -0.15) is 0 Å². The number of methoxy groups -OCH3 is 2. The fourth-order valence-electron chi connectivity index (χ4n) is 4.42. The highest BCUT2D eigenvalue weighted by atomic mass is 32.1. The SMILES string of the molecule is COc1ccc(CCN(Cc2ccc(C)cc2)Cc2nc(C(=O)N3CCCCC3)cs2)cc1OC. The summed E-state index contributed by atoms with van der Waals surface area (Å²) in [5, 5.41) is 2.90. The number of likely N-dealkylation sites (tertiary alicyclic amines) is 1. The molecule has 0 radical (unpaired) electrons. The highest BCUT2D eigenvalue weighted by Crippen LogP contribution is 2.28. The largest absolute Gasteiger partial charge is 0.493 e. The lowest BCUT2D eigenvalue weighted by Gasteiger charge is -2.25. The smallest absolute Gasteiger partial charge is 0.273 e. The monoisotopic (exact) mass is 493 g/mol. The molecule has 0 spiro atoms. The van der Waals surface area contributed by atoms with Crippen molar-refractivity contribution in [3.63, 3.8) is 0 Å². The van der Waals surface area contributed by atoms with Gasteiger partial charge in [0, 0.05) is 31.6 Å². The van der Waals surface area contributed by atoms with Crippen molar-refractivity contribution >= 4 is 17.2 Å². The van der Waals surface area contributed by atoms with E-state index >= 15 is 0 Å². The van der Waals surface area contributed by atoms with Crippen LogP contribution in [-0.4, -0.2) is 54.5 Å². The summed E-state index contributed by atoms with van der Waals surface area (Å²) in [7, 11) is 3.32. The molecule has 1 amide bonds. The van der Waals surface area contributed by atoms with Crippen LogP contribution in [0.2, 0.25) is 0 Å². The number of hydrogen-bond donors (Lipinski definition) is 0. The molecule has 1 fully saturated rings. The third-order valence-corrected chi connectivity index (χ3v) is 7.30. The average molecular weight is 494 g/mol. The number of ether oxygens (including phenoxy) is 2. The van der Waals surface area contributed by atoms with E-state index in [1.165, 1.54) is 23.1 Å². The van der Waals surface area contributed by atoms with E-state index in [1.54, 1.807) is 25.6 Å². The van der Waals surface area contributed by atoms with Gasteiger partial charge in [0.1, 0.15) is 10.7 Å². The van der Waals surface area contributed by atoms with Gasteiger partial charge in [-0.15, -0.1) is 11.3 Å². The van der Waals surface area contributed by atoms with Crippen molar-refractivity contribution in [1.82, 2.24) is 14.8 Å². The lowest BCUT2D eigenvalue weighted by molar-refractivity contribution is 0.0719.